The second-order valence-corrected chi connectivity index (χ2v) is 5.24. The molecule has 4 nitrogen and oxygen atoms in total. The average molecular weight is 242 g/mol. The molecule has 0 amide bonds. The monoisotopic (exact) mass is 242 g/mol. The Morgan fingerprint density at radius 3 is 2.59 bits per heavy atom. The van der Waals surface area contributed by atoms with Gasteiger partial charge in [0.2, 0.25) is 0 Å². The summed E-state index contributed by atoms with van der Waals surface area (Å²) in [6, 6.07) is 1.17. The van der Waals surface area contributed by atoms with Gasteiger partial charge in [0, 0.05) is 37.8 Å². The van der Waals surface area contributed by atoms with Crippen LogP contribution in [0.15, 0.2) is 0 Å². The van der Waals surface area contributed by atoms with Crippen LogP contribution in [0, 0.1) is 5.92 Å². The van der Waals surface area contributed by atoms with Crippen LogP contribution in [0.3, 0.4) is 0 Å². The quantitative estimate of drug-likeness (QED) is 0.744. The molecule has 2 aliphatic heterocycles. The summed E-state index contributed by atoms with van der Waals surface area (Å²) in [5.74, 6) is 0.680. The van der Waals surface area contributed by atoms with E-state index in [1.165, 1.54) is 12.8 Å². The van der Waals surface area contributed by atoms with E-state index in [0.717, 1.165) is 39.5 Å². The smallest absolute Gasteiger partial charge is 0.0622 e. The lowest BCUT2D eigenvalue weighted by Gasteiger charge is -2.31. The van der Waals surface area contributed by atoms with Crippen LogP contribution in [-0.2, 0) is 9.47 Å². The van der Waals surface area contributed by atoms with Crippen molar-refractivity contribution in [2.45, 2.75) is 31.8 Å². The highest BCUT2D eigenvalue weighted by Gasteiger charge is 2.28. The standard InChI is InChI=1S/C13H26N2O2/c1-3-14-13(11-4-6-16-9-11)8-15(2)12-5-7-17-10-12/h11-14H,3-10H2,1-2H3. The molecule has 4 heteroatoms. The zero-order valence-corrected chi connectivity index (χ0v) is 11.2. The predicted molar refractivity (Wildman–Crippen MR) is 68.2 cm³/mol. The zero-order valence-electron chi connectivity index (χ0n) is 11.2. The number of ether oxygens (including phenoxy) is 2. The van der Waals surface area contributed by atoms with E-state index in [-0.39, 0.29) is 0 Å². The van der Waals surface area contributed by atoms with Gasteiger partial charge in [-0.3, -0.25) is 4.90 Å². The Morgan fingerprint density at radius 2 is 2.00 bits per heavy atom. The molecule has 2 heterocycles. The predicted octanol–water partition coefficient (Wildman–Crippen LogP) is 0.722. The van der Waals surface area contributed by atoms with Crippen molar-refractivity contribution in [3.8, 4) is 0 Å². The Kier molecular flexibility index (Phi) is 5.22. The lowest BCUT2D eigenvalue weighted by molar-refractivity contribution is 0.136. The maximum absolute atomic E-state index is 5.51. The van der Waals surface area contributed by atoms with E-state index in [1.807, 2.05) is 0 Å². The first-order chi connectivity index (χ1) is 8.31. The van der Waals surface area contributed by atoms with Crippen LogP contribution in [0.1, 0.15) is 19.8 Å². The minimum atomic E-state index is 0.563. The van der Waals surface area contributed by atoms with Gasteiger partial charge in [0.1, 0.15) is 0 Å². The fraction of sp³-hybridized carbons (Fsp3) is 1.00. The molecule has 2 rings (SSSR count). The van der Waals surface area contributed by atoms with E-state index in [4.69, 9.17) is 9.47 Å². The van der Waals surface area contributed by atoms with Crippen LogP contribution in [-0.4, -0.2) is 63.5 Å². The molecule has 100 valence electrons. The summed E-state index contributed by atoms with van der Waals surface area (Å²) >= 11 is 0. The number of hydrogen-bond donors (Lipinski definition) is 1. The van der Waals surface area contributed by atoms with Crippen LogP contribution in [0.5, 0.6) is 0 Å². The Labute approximate surface area is 105 Å². The Hall–Kier alpha value is -0.160. The van der Waals surface area contributed by atoms with Gasteiger partial charge >= 0.3 is 0 Å². The summed E-state index contributed by atoms with van der Waals surface area (Å²) < 4.78 is 11.0. The Bertz CT molecular complexity index is 213. The molecule has 0 saturated carbocycles. The third-order valence-corrected chi connectivity index (χ3v) is 4.01. The Balaban J connectivity index is 1.82. The number of nitrogens with zero attached hydrogens (tertiary/aromatic N) is 1. The topological polar surface area (TPSA) is 33.7 Å². The van der Waals surface area contributed by atoms with E-state index < -0.39 is 0 Å². The fourth-order valence-electron chi connectivity index (χ4n) is 2.84. The second kappa shape index (κ2) is 6.69. The number of likely N-dealkylation sites (N-methyl/N-ethyl adjacent to an activating group) is 2. The first-order valence-corrected chi connectivity index (χ1v) is 6.90. The van der Waals surface area contributed by atoms with E-state index >= 15 is 0 Å². The van der Waals surface area contributed by atoms with Crippen LogP contribution in [0.4, 0.5) is 0 Å². The lowest BCUT2D eigenvalue weighted by atomic mass is 9.98. The van der Waals surface area contributed by atoms with Crippen molar-refractivity contribution in [2.24, 2.45) is 5.92 Å². The molecule has 0 aliphatic carbocycles. The van der Waals surface area contributed by atoms with E-state index in [1.54, 1.807) is 0 Å². The first kappa shape index (κ1) is 13.3. The highest BCUT2D eigenvalue weighted by atomic mass is 16.5. The number of rotatable bonds is 6. The summed E-state index contributed by atoms with van der Waals surface area (Å²) in [5, 5.41) is 3.62. The van der Waals surface area contributed by atoms with E-state index in [0.29, 0.717) is 18.0 Å². The summed E-state index contributed by atoms with van der Waals surface area (Å²) in [6.07, 6.45) is 2.38. The molecular formula is C13H26N2O2. The molecule has 3 atom stereocenters. The van der Waals surface area contributed by atoms with Gasteiger partial charge in [-0.2, -0.15) is 0 Å². The van der Waals surface area contributed by atoms with Crippen molar-refractivity contribution in [3.05, 3.63) is 0 Å². The molecule has 0 bridgehead atoms. The molecular weight excluding hydrogens is 216 g/mol. The number of hydrogen-bond acceptors (Lipinski definition) is 4. The van der Waals surface area contributed by atoms with Crippen molar-refractivity contribution in [1.82, 2.24) is 10.2 Å². The lowest BCUT2D eigenvalue weighted by Crippen LogP contribution is -2.47. The van der Waals surface area contributed by atoms with Crippen molar-refractivity contribution < 1.29 is 9.47 Å². The summed E-state index contributed by atoms with van der Waals surface area (Å²) in [4.78, 5) is 2.46. The van der Waals surface area contributed by atoms with Gasteiger partial charge < -0.3 is 14.8 Å². The van der Waals surface area contributed by atoms with Gasteiger partial charge in [-0.15, -0.1) is 0 Å². The van der Waals surface area contributed by atoms with Crippen molar-refractivity contribution in [1.29, 1.82) is 0 Å². The first-order valence-electron chi connectivity index (χ1n) is 6.90. The second-order valence-electron chi connectivity index (χ2n) is 5.24. The highest BCUT2D eigenvalue weighted by Crippen LogP contribution is 2.19. The average Bonchev–Trinajstić information content (AvgIpc) is 3.01. The largest absolute Gasteiger partial charge is 0.381 e. The molecule has 0 spiro atoms. The normalized spacial score (nSPS) is 31.2. The molecule has 0 aromatic rings. The molecule has 0 radical (unpaired) electrons. The maximum atomic E-state index is 5.51. The summed E-state index contributed by atoms with van der Waals surface area (Å²) in [6.45, 7) is 8.01. The van der Waals surface area contributed by atoms with Gasteiger partial charge in [0.25, 0.3) is 0 Å². The third kappa shape index (κ3) is 3.65. The minimum Gasteiger partial charge on any atom is -0.381 e. The van der Waals surface area contributed by atoms with Crippen molar-refractivity contribution in [2.75, 3.05) is 46.6 Å². The summed E-state index contributed by atoms with van der Waals surface area (Å²) in [7, 11) is 2.22. The maximum Gasteiger partial charge on any atom is 0.0622 e. The molecule has 2 fully saturated rings. The van der Waals surface area contributed by atoms with E-state index in [2.05, 4.69) is 24.2 Å². The third-order valence-electron chi connectivity index (χ3n) is 4.01. The van der Waals surface area contributed by atoms with Gasteiger partial charge in [0.05, 0.1) is 13.2 Å². The van der Waals surface area contributed by atoms with Crippen LogP contribution >= 0.6 is 0 Å². The van der Waals surface area contributed by atoms with Gasteiger partial charge in [-0.05, 0) is 26.4 Å². The van der Waals surface area contributed by atoms with E-state index in [9.17, 15) is 0 Å². The molecule has 2 saturated heterocycles. The molecule has 2 aliphatic rings. The fourth-order valence-corrected chi connectivity index (χ4v) is 2.84. The van der Waals surface area contributed by atoms with Gasteiger partial charge in [-0.1, -0.05) is 6.92 Å². The molecule has 3 unspecified atom stereocenters. The highest BCUT2D eigenvalue weighted by molar-refractivity contribution is 4.84. The zero-order chi connectivity index (χ0) is 12.1. The van der Waals surface area contributed by atoms with Crippen molar-refractivity contribution >= 4 is 0 Å². The van der Waals surface area contributed by atoms with Crippen LogP contribution in [0.2, 0.25) is 0 Å². The molecule has 0 aromatic heterocycles. The van der Waals surface area contributed by atoms with Crippen LogP contribution < -0.4 is 5.32 Å². The summed E-state index contributed by atoms with van der Waals surface area (Å²) in [5.41, 5.74) is 0. The van der Waals surface area contributed by atoms with Gasteiger partial charge in [-0.25, -0.2) is 0 Å². The van der Waals surface area contributed by atoms with Crippen LogP contribution in [0.25, 0.3) is 0 Å². The SMILES string of the molecule is CCNC(CN(C)C1CCOC1)C1CCOC1. The molecule has 17 heavy (non-hydrogen) atoms. The molecule has 0 aromatic carbocycles. The minimum absolute atomic E-state index is 0.563. The number of nitrogens with one attached hydrogen (secondary N) is 1. The van der Waals surface area contributed by atoms with Crippen molar-refractivity contribution in [3.63, 3.8) is 0 Å². The molecule has 1 N–H and O–H groups in total. The van der Waals surface area contributed by atoms with Gasteiger partial charge in [0.15, 0.2) is 0 Å². The Morgan fingerprint density at radius 1 is 1.24 bits per heavy atom.